The third kappa shape index (κ3) is 6.30. The van der Waals surface area contributed by atoms with Gasteiger partial charge in [-0.25, -0.2) is 4.79 Å². The summed E-state index contributed by atoms with van der Waals surface area (Å²) in [6.07, 6.45) is 1.91. The molecular formula is C20H23NO4. The van der Waals surface area contributed by atoms with Crippen molar-refractivity contribution in [2.45, 2.75) is 26.2 Å². The molecule has 2 N–H and O–H groups in total. The molecule has 2 aromatic rings. The fourth-order valence-corrected chi connectivity index (χ4v) is 2.37. The molecule has 0 heterocycles. The van der Waals surface area contributed by atoms with Crippen LogP contribution < -0.4 is 10.1 Å². The van der Waals surface area contributed by atoms with Crippen molar-refractivity contribution in [2.24, 2.45) is 0 Å². The molecule has 0 unspecified atom stereocenters. The molecule has 2 rings (SSSR count). The number of nitrogens with one attached hydrogen (secondary N) is 1. The smallest absolute Gasteiger partial charge is 0.335 e. The van der Waals surface area contributed by atoms with Crippen LogP contribution in [0.5, 0.6) is 5.75 Å². The van der Waals surface area contributed by atoms with Crippen LogP contribution in [0.15, 0.2) is 48.5 Å². The molecule has 132 valence electrons. The first kappa shape index (κ1) is 18.5. The quantitative estimate of drug-likeness (QED) is 0.735. The lowest BCUT2D eigenvalue weighted by Gasteiger charge is -2.08. The van der Waals surface area contributed by atoms with E-state index in [1.54, 1.807) is 24.3 Å². The zero-order valence-electron chi connectivity index (χ0n) is 14.3. The van der Waals surface area contributed by atoms with Crippen LogP contribution in [0.1, 0.15) is 34.8 Å². The monoisotopic (exact) mass is 341 g/mol. The lowest BCUT2D eigenvalue weighted by atomic mass is 10.1. The minimum Gasteiger partial charge on any atom is -0.494 e. The second-order valence-corrected chi connectivity index (χ2v) is 5.77. The van der Waals surface area contributed by atoms with Crippen LogP contribution in [0.3, 0.4) is 0 Å². The molecule has 1 amide bonds. The lowest BCUT2D eigenvalue weighted by Crippen LogP contribution is -2.27. The summed E-state index contributed by atoms with van der Waals surface area (Å²) in [5.74, 6) is -0.203. The standard InChI is InChI=1S/C20H23NO4/c1-2-12-25-18-5-3-4-16(13-18)14-19(22)21-11-10-15-6-8-17(9-7-15)20(23)24/h3-9,13H,2,10-12,14H2,1H3,(H,21,22)(H,23,24). The third-order valence-electron chi connectivity index (χ3n) is 3.67. The van der Waals surface area contributed by atoms with Crippen molar-refractivity contribution >= 4 is 11.9 Å². The molecule has 0 fully saturated rings. The second-order valence-electron chi connectivity index (χ2n) is 5.77. The molecular weight excluding hydrogens is 318 g/mol. The Morgan fingerprint density at radius 3 is 2.52 bits per heavy atom. The average Bonchev–Trinajstić information content (AvgIpc) is 2.60. The van der Waals surface area contributed by atoms with Gasteiger partial charge in [0, 0.05) is 6.54 Å². The van der Waals surface area contributed by atoms with Crippen LogP contribution in [0, 0.1) is 0 Å². The number of carbonyl (C=O) groups is 2. The number of rotatable bonds is 9. The summed E-state index contributed by atoms with van der Waals surface area (Å²) in [7, 11) is 0. The number of aromatic carboxylic acids is 1. The number of amides is 1. The van der Waals surface area contributed by atoms with E-state index in [1.165, 1.54) is 0 Å². The van der Waals surface area contributed by atoms with Gasteiger partial charge in [0.05, 0.1) is 18.6 Å². The van der Waals surface area contributed by atoms with Crippen LogP contribution in [0.25, 0.3) is 0 Å². The number of carboxylic acid groups (broad SMARTS) is 1. The lowest BCUT2D eigenvalue weighted by molar-refractivity contribution is -0.120. The molecule has 0 atom stereocenters. The predicted molar refractivity (Wildman–Crippen MR) is 96.0 cm³/mol. The van der Waals surface area contributed by atoms with Gasteiger partial charge in [0.15, 0.2) is 0 Å². The summed E-state index contributed by atoms with van der Waals surface area (Å²) in [6.45, 7) is 3.22. The molecule has 0 bridgehead atoms. The van der Waals surface area contributed by atoms with E-state index in [-0.39, 0.29) is 11.5 Å². The molecule has 0 radical (unpaired) electrons. The zero-order chi connectivity index (χ0) is 18.1. The summed E-state index contributed by atoms with van der Waals surface area (Å²) < 4.78 is 5.57. The van der Waals surface area contributed by atoms with Gasteiger partial charge in [0.1, 0.15) is 5.75 Å². The highest BCUT2D eigenvalue weighted by atomic mass is 16.5. The van der Waals surface area contributed by atoms with Crippen molar-refractivity contribution in [1.29, 1.82) is 0 Å². The van der Waals surface area contributed by atoms with Crippen molar-refractivity contribution < 1.29 is 19.4 Å². The third-order valence-corrected chi connectivity index (χ3v) is 3.67. The Hall–Kier alpha value is -2.82. The number of carboxylic acids is 1. The summed E-state index contributed by atoms with van der Waals surface area (Å²) in [6, 6.07) is 14.2. The molecule has 2 aromatic carbocycles. The molecule has 25 heavy (non-hydrogen) atoms. The van der Waals surface area contributed by atoms with Gasteiger partial charge in [-0.3, -0.25) is 4.79 Å². The SMILES string of the molecule is CCCOc1cccc(CC(=O)NCCc2ccc(C(=O)O)cc2)c1. The molecule has 0 aromatic heterocycles. The summed E-state index contributed by atoms with van der Waals surface area (Å²) >= 11 is 0. The highest BCUT2D eigenvalue weighted by Gasteiger charge is 2.05. The van der Waals surface area contributed by atoms with Gasteiger partial charge < -0.3 is 15.2 Å². The second kappa shape index (κ2) is 9.47. The highest BCUT2D eigenvalue weighted by molar-refractivity contribution is 5.87. The number of ether oxygens (including phenoxy) is 1. The minimum atomic E-state index is -0.940. The fraction of sp³-hybridized carbons (Fsp3) is 0.300. The van der Waals surface area contributed by atoms with Gasteiger partial charge >= 0.3 is 5.97 Å². The van der Waals surface area contributed by atoms with Crippen molar-refractivity contribution in [1.82, 2.24) is 5.32 Å². The topological polar surface area (TPSA) is 75.6 Å². The fourth-order valence-electron chi connectivity index (χ4n) is 2.37. The molecule has 0 aliphatic carbocycles. The van der Waals surface area contributed by atoms with E-state index in [1.807, 2.05) is 31.2 Å². The number of benzene rings is 2. The first-order chi connectivity index (χ1) is 12.1. The van der Waals surface area contributed by atoms with E-state index < -0.39 is 5.97 Å². The number of hydrogen-bond acceptors (Lipinski definition) is 3. The number of hydrogen-bond donors (Lipinski definition) is 2. The van der Waals surface area contributed by atoms with Crippen molar-refractivity contribution in [3.05, 3.63) is 65.2 Å². The Morgan fingerprint density at radius 1 is 1.08 bits per heavy atom. The molecule has 0 aliphatic rings. The first-order valence-electron chi connectivity index (χ1n) is 8.39. The van der Waals surface area contributed by atoms with E-state index >= 15 is 0 Å². The van der Waals surface area contributed by atoms with Crippen LogP contribution >= 0.6 is 0 Å². The Morgan fingerprint density at radius 2 is 1.84 bits per heavy atom. The van der Waals surface area contributed by atoms with Crippen molar-refractivity contribution in [3.63, 3.8) is 0 Å². The molecule has 0 saturated carbocycles. The van der Waals surface area contributed by atoms with Crippen LogP contribution in [0.2, 0.25) is 0 Å². The van der Waals surface area contributed by atoms with Crippen LogP contribution in [-0.2, 0) is 17.6 Å². The summed E-state index contributed by atoms with van der Waals surface area (Å²) in [5, 5.41) is 11.7. The average molecular weight is 341 g/mol. The normalized spacial score (nSPS) is 10.3. The Kier molecular flexibility index (Phi) is 7.01. The molecule has 0 spiro atoms. The van der Waals surface area contributed by atoms with Crippen LogP contribution in [-0.4, -0.2) is 30.1 Å². The van der Waals surface area contributed by atoms with Gasteiger partial charge in [-0.15, -0.1) is 0 Å². The summed E-state index contributed by atoms with van der Waals surface area (Å²) in [5.41, 5.74) is 2.16. The van der Waals surface area contributed by atoms with E-state index in [0.29, 0.717) is 26.0 Å². The first-order valence-corrected chi connectivity index (χ1v) is 8.39. The Bertz CT molecular complexity index is 710. The summed E-state index contributed by atoms with van der Waals surface area (Å²) in [4.78, 5) is 22.8. The molecule has 5 nitrogen and oxygen atoms in total. The van der Waals surface area contributed by atoms with E-state index in [2.05, 4.69) is 5.32 Å². The van der Waals surface area contributed by atoms with Gasteiger partial charge in [0.2, 0.25) is 5.91 Å². The highest BCUT2D eigenvalue weighted by Crippen LogP contribution is 2.14. The van der Waals surface area contributed by atoms with Crippen molar-refractivity contribution in [3.8, 4) is 5.75 Å². The predicted octanol–water partition coefficient (Wildman–Crippen LogP) is 3.08. The Balaban J connectivity index is 1.77. The van der Waals surface area contributed by atoms with Crippen molar-refractivity contribution in [2.75, 3.05) is 13.2 Å². The maximum atomic E-state index is 12.0. The maximum Gasteiger partial charge on any atom is 0.335 e. The molecule has 5 heteroatoms. The van der Waals surface area contributed by atoms with E-state index in [4.69, 9.17) is 9.84 Å². The minimum absolute atomic E-state index is 0.0465. The zero-order valence-corrected chi connectivity index (χ0v) is 14.3. The molecule has 0 saturated heterocycles. The van der Waals surface area contributed by atoms with Gasteiger partial charge in [-0.05, 0) is 48.2 Å². The Labute approximate surface area is 147 Å². The van der Waals surface area contributed by atoms with E-state index in [0.717, 1.165) is 23.3 Å². The van der Waals surface area contributed by atoms with Gasteiger partial charge in [0.25, 0.3) is 0 Å². The largest absolute Gasteiger partial charge is 0.494 e. The van der Waals surface area contributed by atoms with Crippen LogP contribution in [0.4, 0.5) is 0 Å². The molecule has 0 aliphatic heterocycles. The van der Waals surface area contributed by atoms with Gasteiger partial charge in [-0.1, -0.05) is 31.2 Å². The van der Waals surface area contributed by atoms with Gasteiger partial charge in [-0.2, -0.15) is 0 Å². The van der Waals surface area contributed by atoms with E-state index in [9.17, 15) is 9.59 Å². The number of carbonyl (C=O) groups excluding carboxylic acids is 1. The maximum absolute atomic E-state index is 12.0.